The fraction of sp³-hybridized carbons (Fsp3) is 0.917. The molecule has 0 unspecified atom stereocenters. The van der Waals surface area contributed by atoms with E-state index in [9.17, 15) is 0 Å². The highest BCUT2D eigenvalue weighted by molar-refractivity contribution is 5.78. The van der Waals surface area contributed by atoms with E-state index >= 15 is 0 Å². The minimum absolute atomic E-state index is 0.253. The van der Waals surface area contributed by atoms with Gasteiger partial charge in [0.1, 0.15) is 0 Å². The van der Waals surface area contributed by atoms with Gasteiger partial charge in [0.15, 0.2) is 0 Å². The van der Waals surface area contributed by atoms with Gasteiger partial charge in [0, 0.05) is 11.8 Å². The second-order valence-corrected chi connectivity index (χ2v) is 5.27. The normalized spacial score (nSPS) is 25.1. The SMILES string of the molecule is N=C(N)CC1(COC2CCCCC2)CC1. The maximum atomic E-state index is 7.33. The summed E-state index contributed by atoms with van der Waals surface area (Å²) in [6, 6.07) is 0. The summed E-state index contributed by atoms with van der Waals surface area (Å²) in [5, 5.41) is 7.33. The Morgan fingerprint density at radius 3 is 2.47 bits per heavy atom. The van der Waals surface area contributed by atoms with Gasteiger partial charge < -0.3 is 10.5 Å². The Morgan fingerprint density at radius 2 is 1.93 bits per heavy atom. The Morgan fingerprint density at radius 1 is 1.27 bits per heavy atom. The van der Waals surface area contributed by atoms with Crippen molar-refractivity contribution in [1.82, 2.24) is 0 Å². The fourth-order valence-corrected chi connectivity index (χ4v) is 2.48. The molecular weight excluding hydrogens is 188 g/mol. The topological polar surface area (TPSA) is 59.1 Å². The summed E-state index contributed by atoms with van der Waals surface area (Å²) in [6.45, 7) is 0.831. The van der Waals surface area contributed by atoms with E-state index in [1.807, 2.05) is 0 Å². The first-order valence-corrected chi connectivity index (χ1v) is 6.15. The van der Waals surface area contributed by atoms with Crippen molar-refractivity contribution >= 4 is 5.84 Å². The number of rotatable bonds is 5. The Balaban J connectivity index is 1.70. The Kier molecular flexibility index (Phi) is 3.29. The van der Waals surface area contributed by atoms with Crippen molar-refractivity contribution in [3.8, 4) is 0 Å². The summed E-state index contributed by atoms with van der Waals surface area (Å²) in [5.74, 6) is 0.319. The maximum absolute atomic E-state index is 7.33. The molecule has 2 fully saturated rings. The Hall–Kier alpha value is -0.570. The van der Waals surface area contributed by atoms with E-state index in [1.165, 1.54) is 44.9 Å². The Labute approximate surface area is 91.9 Å². The second-order valence-electron chi connectivity index (χ2n) is 5.27. The van der Waals surface area contributed by atoms with Crippen LogP contribution >= 0.6 is 0 Å². The molecule has 86 valence electrons. The van der Waals surface area contributed by atoms with Crippen LogP contribution in [0.5, 0.6) is 0 Å². The third-order valence-electron chi connectivity index (χ3n) is 3.70. The van der Waals surface area contributed by atoms with Gasteiger partial charge in [-0.05, 0) is 25.7 Å². The lowest BCUT2D eigenvalue weighted by molar-refractivity contribution is 0.00308. The molecule has 2 saturated carbocycles. The van der Waals surface area contributed by atoms with Gasteiger partial charge in [0.25, 0.3) is 0 Å². The molecule has 2 aliphatic rings. The van der Waals surface area contributed by atoms with Crippen LogP contribution < -0.4 is 5.73 Å². The van der Waals surface area contributed by atoms with E-state index < -0.39 is 0 Å². The summed E-state index contributed by atoms with van der Waals surface area (Å²) in [4.78, 5) is 0. The van der Waals surface area contributed by atoms with Crippen LogP contribution in [0.1, 0.15) is 51.4 Å². The highest BCUT2D eigenvalue weighted by Crippen LogP contribution is 2.49. The van der Waals surface area contributed by atoms with Gasteiger partial charge in [-0.2, -0.15) is 0 Å². The lowest BCUT2D eigenvalue weighted by atomic mass is 9.97. The van der Waals surface area contributed by atoms with Gasteiger partial charge in [0.05, 0.1) is 18.5 Å². The van der Waals surface area contributed by atoms with Crippen molar-refractivity contribution in [3.05, 3.63) is 0 Å². The van der Waals surface area contributed by atoms with Crippen LogP contribution in [0, 0.1) is 10.8 Å². The zero-order chi connectivity index (χ0) is 10.7. The summed E-state index contributed by atoms with van der Waals surface area (Å²) >= 11 is 0. The van der Waals surface area contributed by atoms with Crippen molar-refractivity contribution in [3.63, 3.8) is 0 Å². The molecule has 0 atom stereocenters. The van der Waals surface area contributed by atoms with E-state index in [-0.39, 0.29) is 5.41 Å². The number of nitrogens with two attached hydrogens (primary N) is 1. The molecule has 0 saturated heterocycles. The van der Waals surface area contributed by atoms with Crippen LogP contribution in [-0.4, -0.2) is 18.5 Å². The summed E-state index contributed by atoms with van der Waals surface area (Å²) in [7, 11) is 0. The minimum atomic E-state index is 0.253. The van der Waals surface area contributed by atoms with E-state index in [2.05, 4.69) is 0 Å². The number of ether oxygens (including phenoxy) is 1. The molecule has 0 aromatic rings. The summed E-state index contributed by atoms with van der Waals surface area (Å²) < 4.78 is 5.96. The largest absolute Gasteiger partial charge is 0.388 e. The number of amidine groups is 1. The Bertz CT molecular complexity index is 230. The van der Waals surface area contributed by atoms with Crippen molar-refractivity contribution in [2.24, 2.45) is 11.1 Å². The predicted octanol–water partition coefficient (Wildman–Crippen LogP) is 2.44. The van der Waals surface area contributed by atoms with Crippen LogP contribution in [-0.2, 0) is 4.74 Å². The van der Waals surface area contributed by atoms with E-state index in [0.717, 1.165) is 13.0 Å². The summed E-state index contributed by atoms with van der Waals surface area (Å²) in [5.41, 5.74) is 5.71. The molecule has 0 radical (unpaired) electrons. The molecule has 0 aliphatic heterocycles. The molecule has 2 aliphatic carbocycles. The maximum Gasteiger partial charge on any atom is 0.0911 e. The number of hydrogen-bond acceptors (Lipinski definition) is 2. The van der Waals surface area contributed by atoms with Gasteiger partial charge in [0.2, 0.25) is 0 Å². The first-order chi connectivity index (χ1) is 7.20. The molecule has 0 spiro atoms. The van der Waals surface area contributed by atoms with Crippen LogP contribution in [0.25, 0.3) is 0 Å². The molecule has 3 heteroatoms. The van der Waals surface area contributed by atoms with Gasteiger partial charge in [-0.1, -0.05) is 19.3 Å². The molecule has 0 bridgehead atoms. The average molecular weight is 210 g/mol. The molecular formula is C12H22N2O. The standard InChI is InChI=1S/C12H22N2O/c13-11(14)8-12(6-7-12)9-15-10-4-2-1-3-5-10/h10H,1-9H2,(H3,13,14). The van der Waals surface area contributed by atoms with Gasteiger partial charge in [-0.25, -0.2) is 0 Å². The van der Waals surface area contributed by atoms with Crippen molar-refractivity contribution < 1.29 is 4.74 Å². The van der Waals surface area contributed by atoms with E-state index in [0.29, 0.717) is 11.9 Å². The van der Waals surface area contributed by atoms with Crippen molar-refractivity contribution in [2.75, 3.05) is 6.61 Å². The lowest BCUT2D eigenvalue weighted by Crippen LogP contribution is -2.25. The van der Waals surface area contributed by atoms with Crippen LogP contribution in [0.2, 0.25) is 0 Å². The molecule has 3 N–H and O–H groups in total. The highest BCUT2D eigenvalue weighted by atomic mass is 16.5. The highest BCUT2D eigenvalue weighted by Gasteiger charge is 2.43. The third kappa shape index (κ3) is 3.20. The van der Waals surface area contributed by atoms with Crippen molar-refractivity contribution in [2.45, 2.75) is 57.5 Å². The first-order valence-electron chi connectivity index (χ1n) is 6.15. The number of nitrogens with one attached hydrogen (secondary N) is 1. The van der Waals surface area contributed by atoms with Crippen LogP contribution in [0.4, 0.5) is 0 Å². The van der Waals surface area contributed by atoms with Crippen LogP contribution in [0.15, 0.2) is 0 Å². The van der Waals surface area contributed by atoms with Crippen LogP contribution in [0.3, 0.4) is 0 Å². The molecule has 2 rings (SSSR count). The van der Waals surface area contributed by atoms with Crippen molar-refractivity contribution in [1.29, 1.82) is 5.41 Å². The quantitative estimate of drug-likeness (QED) is 0.541. The van der Waals surface area contributed by atoms with E-state index in [1.54, 1.807) is 0 Å². The molecule has 0 aromatic heterocycles. The molecule has 0 heterocycles. The monoisotopic (exact) mass is 210 g/mol. The van der Waals surface area contributed by atoms with E-state index in [4.69, 9.17) is 15.9 Å². The third-order valence-corrected chi connectivity index (χ3v) is 3.70. The fourth-order valence-electron chi connectivity index (χ4n) is 2.48. The lowest BCUT2D eigenvalue weighted by Gasteiger charge is -2.24. The van der Waals surface area contributed by atoms with Gasteiger partial charge in [-0.15, -0.1) is 0 Å². The molecule has 15 heavy (non-hydrogen) atoms. The predicted molar refractivity (Wildman–Crippen MR) is 61.0 cm³/mol. The molecule has 0 aromatic carbocycles. The molecule has 3 nitrogen and oxygen atoms in total. The number of hydrogen-bond donors (Lipinski definition) is 2. The zero-order valence-corrected chi connectivity index (χ0v) is 9.43. The average Bonchev–Trinajstić information content (AvgIpc) is 2.96. The first kappa shape index (κ1) is 10.9. The molecule has 0 amide bonds. The van der Waals surface area contributed by atoms with Gasteiger partial charge >= 0.3 is 0 Å². The zero-order valence-electron chi connectivity index (χ0n) is 9.43. The van der Waals surface area contributed by atoms with Gasteiger partial charge in [-0.3, -0.25) is 5.41 Å². The summed E-state index contributed by atoms with van der Waals surface area (Å²) in [6.07, 6.45) is 10.1. The minimum Gasteiger partial charge on any atom is -0.388 e. The smallest absolute Gasteiger partial charge is 0.0911 e. The second kappa shape index (κ2) is 4.52.